The van der Waals surface area contributed by atoms with Gasteiger partial charge in [0.1, 0.15) is 5.82 Å². The Balaban J connectivity index is 1.17. The number of rotatable bonds is 7. The van der Waals surface area contributed by atoms with Crippen molar-refractivity contribution in [2.75, 3.05) is 31.1 Å². The molecule has 1 atom stereocenters. The molecule has 2 aromatic heterocycles. The number of benzene rings is 1. The summed E-state index contributed by atoms with van der Waals surface area (Å²) in [6.07, 6.45) is 4.72. The number of anilines is 1. The van der Waals surface area contributed by atoms with E-state index in [4.69, 9.17) is 4.74 Å². The molecule has 10 heteroatoms. The molecule has 0 N–H and O–H groups in total. The molecule has 2 fully saturated rings. The Morgan fingerprint density at radius 1 is 1.06 bits per heavy atom. The molecule has 1 aromatic carbocycles. The van der Waals surface area contributed by atoms with E-state index in [1.54, 1.807) is 47.0 Å². The van der Waals surface area contributed by atoms with Gasteiger partial charge in [-0.2, -0.15) is 0 Å². The number of esters is 1. The monoisotopic (exact) mass is 476 g/mol. The van der Waals surface area contributed by atoms with E-state index in [9.17, 15) is 14.4 Å². The van der Waals surface area contributed by atoms with Crippen molar-refractivity contribution in [2.45, 2.75) is 44.8 Å². The first-order valence-electron chi connectivity index (χ1n) is 12.0. The fraction of sp³-hybridized carbons (Fsp3) is 0.440. The zero-order valence-corrected chi connectivity index (χ0v) is 19.7. The second kappa shape index (κ2) is 9.81. The molecule has 1 amide bonds. The molecule has 1 saturated carbocycles. The summed E-state index contributed by atoms with van der Waals surface area (Å²) in [6.45, 7) is 3.84. The molecule has 182 valence electrons. The third-order valence-corrected chi connectivity index (χ3v) is 6.43. The number of para-hydroxylation sites is 1. The maximum absolute atomic E-state index is 13.0. The molecule has 2 aliphatic rings. The average molecular weight is 477 g/mol. The van der Waals surface area contributed by atoms with Crippen molar-refractivity contribution in [3.8, 4) is 0 Å². The fourth-order valence-electron chi connectivity index (χ4n) is 4.44. The van der Waals surface area contributed by atoms with Crippen LogP contribution < -0.4 is 10.5 Å². The van der Waals surface area contributed by atoms with E-state index >= 15 is 0 Å². The van der Waals surface area contributed by atoms with Crippen LogP contribution in [-0.2, 0) is 20.7 Å². The summed E-state index contributed by atoms with van der Waals surface area (Å²) < 4.78 is 7.17. The standard InChI is InChI=1S/C25H28N6O4/c1-17(23(33)29-13-15-30(16-14-29)25-26-11-4-12-27-25)35-22(32)10-9-21-28-20-6-3-2-5-19(20)24(34)31(21)18-7-8-18/h2-6,11-12,17-18H,7-10,13-16H2,1H3. The van der Waals surface area contributed by atoms with E-state index in [0.717, 1.165) is 12.8 Å². The van der Waals surface area contributed by atoms with Gasteiger partial charge in [0.15, 0.2) is 6.10 Å². The van der Waals surface area contributed by atoms with Crippen molar-refractivity contribution in [1.29, 1.82) is 0 Å². The summed E-state index contributed by atoms with van der Waals surface area (Å²) in [5, 5.41) is 0.587. The molecule has 0 radical (unpaired) electrons. The number of ether oxygens (including phenoxy) is 1. The molecule has 1 saturated heterocycles. The predicted molar refractivity (Wildman–Crippen MR) is 129 cm³/mol. The molecule has 1 unspecified atom stereocenters. The lowest BCUT2D eigenvalue weighted by Crippen LogP contribution is -2.52. The smallest absolute Gasteiger partial charge is 0.307 e. The van der Waals surface area contributed by atoms with Crippen LogP contribution in [0.25, 0.3) is 10.9 Å². The summed E-state index contributed by atoms with van der Waals surface area (Å²) in [5.41, 5.74) is 0.561. The van der Waals surface area contributed by atoms with E-state index in [-0.39, 0.29) is 30.3 Å². The summed E-state index contributed by atoms with van der Waals surface area (Å²) in [5.74, 6) is 0.537. The highest BCUT2D eigenvalue weighted by Crippen LogP contribution is 2.35. The van der Waals surface area contributed by atoms with Gasteiger partial charge in [0.2, 0.25) is 5.95 Å². The van der Waals surface area contributed by atoms with Gasteiger partial charge in [-0.15, -0.1) is 0 Å². The molecule has 10 nitrogen and oxygen atoms in total. The van der Waals surface area contributed by atoms with Crippen molar-refractivity contribution in [2.24, 2.45) is 0 Å². The van der Waals surface area contributed by atoms with E-state index in [1.165, 1.54) is 0 Å². The van der Waals surface area contributed by atoms with Crippen LogP contribution in [0, 0.1) is 0 Å². The minimum atomic E-state index is -0.878. The van der Waals surface area contributed by atoms with Crippen LogP contribution in [0.15, 0.2) is 47.5 Å². The number of hydrogen-bond acceptors (Lipinski definition) is 8. The Kier molecular flexibility index (Phi) is 6.43. The van der Waals surface area contributed by atoms with Crippen molar-refractivity contribution in [1.82, 2.24) is 24.4 Å². The van der Waals surface area contributed by atoms with Gasteiger partial charge >= 0.3 is 5.97 Å². The number of carbonyl (C=O) groups is 2. The minimum Gasteiger partial charge on any atom is -0.453 e. The number of nitrogens with zero attached hydrogens (tertiary/aromatic N) is 6. The van der Waals surface area contributed by atoms with Gasteiger partial charge in [0.25, 0.3) is 11.5 Å². The van der Waals surface area contributed by atoms with Gasteiger partial charge in [-0.25, -0.2) is 15.0 Å². The van der Waals surface area contributed by atoms with E-state index in [2.05, 4.69) is 15.0 Å². The topological polar surface area (TPSA) is 111 Å². The van der Waals surface area contributed by atoms with Crippen molar-refractivity contribution >= 4 is 28.7 Å². The second-order valence-corrected chi connectivity index (χ2v) is 8.94. The van der Waals surface area contributed by atoms with Crippen LogP contribution in [-0.4, -0.2) is 68.6 Å². The summed E-state index contributed by atoms with van der Waals surface area (Å²) >= 11 is 0. The van der Waals surface area contributed by atoms with Gasteiger partial charge < -0.3 is 14.5 Å². The first-order valence-corrected chi connectivity index (χ1v) is 12.0. The van der Waals surface area contributed by atoms with Gasteiger partial charge in [0, 0.05) is 51.0 Å². The molecular weight excluding hydrogens is 448 g/mol. The Morgan fingerprint density at radius 2 is 1.77 bits per heavy atom. The number of aryl methyl sites for hydroxylation is 1. The Hall–Kier alpha value is -3.82. The van der Waals surface area contributed by atoms with Crippen LogP contribution in [0.5, 0.6) is 0 Å². The number of amides is 1. The maximum Gasteiger partial charge on any atom is 0.307 e. The Labute approximate surface area is 202 Å². The molecule has 3 heterocycles. The Bertz CT molecular complexity index is 1280. The molecule has 1 aliphatic carbocycles. The average Bonchev–Trinajstić information content (AvgIpc) is 3.73. The molecule has 0 spiro atoms. The predicted octanol–water partition coefficient (Wildman–Crippen LogP) is 1.73. The zero-order valence-electron chi connectivity index (χ0n) is 19.7. The van der Waals surface area contributed by atoms with Crippen LogP contribution in [0.4, 0.5) is 5.95 Å². The van der Waals surface area contributed by atoms with Gasteiger partial charge in [0.05, 0.1) is 17.3 Å². The lowest BCUT2D eigenvalue weighted by atomic mass is 10.2. The van der Waals surface area contributed by atoms with Gasteiger partial charge in [-0.3, -0.25) is 19.0 Å². The third kappa shape index (κ3) is 5.01. The van der Waals surface area contributed by atoms with Crippen LogP contribution in [0.2, 0.25) is 0 Å². The van der Waals surface area contributed by atoms with E-state index in [0.29, 0.717) is 48.9 Å². The highest BCUT2D eigenvalue weighted by Gasteiger charge is 2.30. The largest absolute Gasteiger partial charge is 0.453 e. The highest BCUT2D eigenvalue weighted by atomic mass is 16.5. The Morgan fingerprint density at radius 3 is 2.49 bits per heavy atom. The summed E-state index contributed by atoms with van der Waals surface area (Å²) in [7, 11) is 0. The molecule has 35 heavy (non-hydrogen) atoms. The van der Waals surface area contributed by atoms with Gasteiger partial charge in [-0.05, 0) is 38.0 Å². The van der Waals surface area contributed by atoms with Crippen molar-refractivity contribution in [3.05, 3.63) is 58.9 Å². The van der Waals surface area contributed by atoms with E-state index in [1.807, 2.05) is 17.0 Å². The molecule has 5 rings (SSSR count). The zero-order chi connectivity index (χ0) is 24.4. The fourth-order valence-corrected chi connectivity index (χ4v) is 4.44. The normalized spacial score (nSPS) is 16.8. The number of aromatic nitrogens is 4. The van der Waals surface area contributed by atoms with E-state index < -0.39 is 12.1 Å². The second-order valence-electron chi connectivity index (χ2n) is 8.94. The minimum absolute atomic E-state index is 0.0498. The van der Waals surface area contributed by atoms with Crippen molar-refractivity contribution in [3.63, 3.8) is 0 Å². The maximum atomic E-state index is 13.0. The molecule has 1 aliphatic heterocycles. The first-order chi connectivity index (χ1) is 17.0. The molecule has 3 aromatic rings. The lowest BCUT2D eigenvalue weighted by molar-refractivity contribution is -0.159. The summed E-state index contributed by atoms with van der Waals surface area (Å²) in [6, 6.07) is 9.16. The van der Waals surface area contributed by atoms with Crippen LogP contribution in [0.1, 0.15) is 38.1 Å². The van der Waals surface area contributed by atoms with Crippen LogP contribution in [0.3, 0.4) is 0 Å². The number of piperazine rings is 1. The lowest BCUT2D eigenvalue weighted by Gasteiger charge is -2.35. The molecular formula is C25H28N6O4. The highest BCUT2D eigenvalue weighted by molar-refractivity contribution is 5.84. The first kappa shape index (κ1) is 22.9. The SMILES string of the molecule is CC(OC(=O)CCc1nc2ccccc2c(=O)n1C1CC1)C(=O)N1CCN(c2ncccn2)CC1. The number of fused-ring (bicyclic) bond motifs is 1. The summed E-state index contributed by atoms with van der Waals surface area (Å²) in [4.78, 5) is 55.3. The number of hydrogen-bond donors (Lipinski definition) is 0. The number of carbonyl (C=O) groups excluding carboxylic acids is 2. The van der Waals surface area contributed by atoms with Crippen LogP contribution >= 0.6 is 0 Å². The quantitative estimate of drug-likeness (QED) is 0.474. The molecule has 0 bridgehead atoms. The third-order valence-electron chi connectivity index (χ3n) is 6.43. The van der Waals surface area contributed by atoms with Crippen molar-refractivity contribution < 1.29 is 14.3 Å². The van der Waals surface area contributed by atoms with Gasteiger partial charge in [-0.1, -0.05) is 12.1 Å².